The van der Waals surface area contributed by atoms with Crippen molar-refractivity contribution in [3.8, 4) is 0 Å². The number of Topliss-reactive ketones (excluding diaryl/α,β-unsaturated/α-hetero) is 1. The van der Waals surface area contributed by atoms with E-state index in [1.807, 2.05) is 6.92 Å². The molecule has 0 aliphatic carbocycles. The molecule has 0 rings (SSSR count). The van der Waals surface area contributed by atoms with Crippen molar-refractivity contribution >= 4 is 17.4 Å². The van der Waals surface area contributed by atoms with Crippen LogP contribution in [-0.2, 0) is 4.79 Å². The Morgan fingerprint density at radius 1 is 1.75 bits per heavy atom. The number of carbonyl (C=O) groups is 1. The largest absolute Gasteiger partial charge is 0.300 e. The van der Waals surface area contributed by atoms with Crippen LogP contribution in [0.1, 0.15) is 20.3 Å². The maximum absolute atomic E-state index is 10.5. The zero-order valence-corrected chi connectivity index (χ0v) is 6.03. The molecule has 0 spiro atoms. The van der Waals surface area contributed by atoms with Gasteiger partial charge in [0.25, 0.3) is 0 Å². The fourth-order valence-electron chi connectivity index (χ4n) is 0.367. The van der Waals surface area contributed by atoms with Crippen LogP contribution in [0.2, 0.25) is 0 Å². The normalized spacial score (nSPS) is 13.4. The van der Waals surface area contributed by atoms with Gasteiger partial charge in [-0.3, -0.25) is 4.79 Å². The van der Waals surface area contributed by atoms with Gasteiger partial charge < -0.3 is 0 Å². The fraction of sp³-hybridized carbons (Fsp3) is 0.833. The highest BCUT2D eigenvalue weighted by Crippen LogP contribution is 2.02. The molecule has 0 bridgehead atoms. The summed E-state index contributed by atoms with van der Waals surface area (Å²) in [5.41, 5.74) is 0. The molecule has 0 aromatic carbocycles. The van der Waals surface area contributed by atoms with Gasteiger partial charge in [-0.2, -0.15) is 0 Å². The molecule has 2 heteroatoms. The number of alkyl halides is 1. The molecule has 0 aromatic rings. The van der Waals surface area contributed by atoms with Crippen LogP contribution in [0, 0.1) is 5.92 Å². The topological polar surface area (TPSA) is 17.1 Å². The zero-order valence-electron chi connectivity index (χ0n) is 5.28. The molecule has 48 valence electrons. The van der Waals surface area contributed by atoms with E-state index in [1.165, 1.54) is 0 Å². The second kappa shape index (κ2) is 3.90. The molecule has 0 N–H and O–H groups in total. The Morgan fingerprint density at radius 3 is 2.38 bits per heavy atom. The van der Waals surface area contributed by atoms with Crippen molar-refractivity contribution in [2.45, 2.75) is 20.3 Å². The minimum Gasteiger partial charge on any atom is -0.300 e. The molecule has 0 amide bonds. The highest BCUT2D eigenvalue weighted by molar-refractivity contribution is 6.17. The lowest BCUT2D eigenvalue weighted by Gasteiger charge is -2.00. The summed E-state index contributed by atoms with van der Waals surface area (Å²) in [6.45, 7) is 3.49. The van der Waals surface area contributed by atoms with E-state index in [0.29, 0.717) is 5.88 Å². The number of ketones is 1. The minimum absolute atomic E-state index is 0.146. The van der Waals surface area contributed by atoms with E-state index in [2.05, 4.69) is 0 Å². The highest BCUT2D eigenvalue weighted by Gasteiger charge is 2.04. The Morgan fingerprint density at radius 2 is 2.25 bits per heavy atom. The van der Waals surface area contributed by atoms with E-state index in [1.54, 1.807) is 6.92 Å². The van der Waals surface area contributed by atoms with Crippen LogP contribution in [0.25, 0.3) is 0 Å². The third kappa shape index (κ3) is 3.03. The van der Waals surface area contributed by atoms with Crippen LogP contribution in [0.4, 0.5) is 0 Å². The Bertz CT molecular complexity index is 80.6. The lowest BCUT2D eigenvalue weighted by atomic mass is 10.1. The molecule has 0 aromatic heterocycles. The SMILES string of the molecule is CC(=O)[C@@H](C)CCCl. The van der Waals surface area contributed by atoms with Gasteiger partial charge in [0.2, 0.25) is 0 Å². The summed E-state index contributed by atoms with van der Waals surface area (Å²) in [5, 5.41) is 0. The van der Waals surface area contributed by atoms with Gasteiger partial charge in [-0.15, -0.1) is 11.6 Å². The minimum atomic E-state index is 0.146. The van der Waals surface area contributed by atoms with Crippen LogP contribution in [0.3, 0.4) is 0 Å². The average Bonchev–Trinajstić information content (AvgIpc) is 1.67. The molecule has 1 nitrogen and oxygen atoms in total. The van der Waals surface area contributed by atoms with Crippen molar-refractivity contribution in [3.05, 3.63) is 0 Å². The summed E-state index contributed by atoms with van der Waals surface area (Å²) in [5.74, 6) is 0.957. The standard InChI is InChI=1S/C6H11ClO/c1-5(3-4-7)6(2)8/h5H,3-4H2,1-2H3/t5-/m0/s1. The lowest BCUT2D eigenvalue weighted by molar-refractivity contribution is -0.120. The van der Waals surface area contributed by atoms with Crippen LogP contribution < -0.4 is 0 Å². The molecular formula is C6H11ClO. The first-order valence-electron chi connectivity index (χ1n) is 2.75. The molecule has 0 heterocycles. The van der Waals surface area contributed by atoms with E-state index < -0.39 is 0 Å². The molecule has 8 heavy (non-hydrogen) atoms. The van der Waals surface area contributed by atoms with Crippen molar-refractivity contribution in [2.75, 3.05) is 5.88 Å². The molecule has 0 fully saturated rings. The van der Waals surface area contributed by atoms with Crippen molar-refractivity contribution in [1.82, 2.24) is 0 Å². The van der Waals surface area contributed by atoms with Crippen LogP contribution in [0.5, 0.6) is 0 Å². The van der Waals surface area contributed by atoms with Crippen LogP contribution in [0.15, 0.2) is 0 Å². The molecule has 0 saturated heterocycles. The summed E-state index contributed by atoms with van der Waals surface area (Å²) in [4.78, 5) is 10.5. The number of hydrogen-bond donors (Lipinski definition) is 0. The fourth-order valence-corrected chi connectivity index (χ4v) is 0.694. The van der Waals surface area contributed by atoms with Crippen LogP contribution >= 0.6 is 11.6 Å². The summed E-state index contributed by atoms with van der Waals surface area (Å²) in [7, 11) is 0. The molecule has 0 saturated carbocycles. The number of halogens is 1. The monoisotopic (exact) mass is 134 g/mol. The number of hydrogen-bond acceptors (Lipinski definition) is 1. The quantitative estimate of drug-likeness (QED) is 0.539. The van der Waals surface area contributed by atoms with E-state index in [9.17, 15) is 4.79 Å². The second-order valence-electron chi connectivity index (χ2n) is 1.99. The lowest BCUT2D eigenvalue weighted by Crippen LogP contribution is -2.05. The predicted octanol–water partition coefficient (Wildman–Crippen LogP) is 1.84. The van der Waals surface area contributed by atoms with E-state index >= 15 is 0 Å². The van der Waals surface area contributed by atoms with Gasteiger partial charge in [-0.05, 0) is 13.3 Å². The van der Waals surface area contributed by atoms with Gasteiger partial charge in [0.1, 0.15) is 5.78 Å². The number of carbonyl (C=O) groups excluding carboxylic acids is 1. The highest BCUT2D eigenvalue weighted by atomic mass is 35.5. The Kier molecular flexibility index (Phi) is 3.88. The maximum Gasteiger partial charge on any atom is 0.132 e. The smallest absolute Gasteiger partial charge is 0.132 e. The summed E-state index contributed by atoms with van der Waals surface area (Å²) in [6.07, 6.45) is 0.802. The van der Waals surface area contributed by atoms with E-state index in [4.69, 9.17) is 11.6 Å². The van der Waals surface area contributed by atoms with Crippen molar-refractivity contribution in [3.63, 3.8) is 0 Å². The predicted molar refractivity (Wildman–Crippen MR) is 35.2 cm³/mol. The molecule has 0 aliphatic rings. The Balaban J connectivity index is 3.32. The second-order valence-corrected chi connectivity index (χ2v) is 2.37. The van der Waals surface area contributed by atoms with Gasteiger partial charge in [0.15, 0.2) is 0 Å². The van der Waals surface area contributed by atoms with Crippen molar-refractivity contribution in [2.24, 2.45) is 5.92 Å². The van der Waals surface area contributed by atoms with Gasteiger partial charge in [0, 0.05) is 11.8 Å². The molecule has 0 radical (unpaired) electrons. The third-order valence-corrected chi connectivity index (χ3v) is 1.45. The summed E-state index contributed by atoms with van der Waals surface area (Å²) < 4.78 is 0. The van der Waals surface area contributed by atoms with Gasteiger partial charge in [0.05, 0.1) is 0 Å². The van der Waals surface area contributed by atoms with E-state index in [-0.39, 0.29) is 11.7 Å². The summed E-state index contributed by atoms with van der Waals surface area (Å²) >= 11 is 5.39. The molecule has 1 atom stereocenters. The van der Waals surface area contributed by atoms with Crippen molar-refractivity contribution in [1.29, 1.82) is 0 Å². The number of rotatable bonds is 3. The van der Waals surface area contributed by atoms with Gasteiger partial charge in [-0.1, -0.05) is 6.92 Å². The Labute approximate surface area is 55.0 Å². The maximum atomic E-state index is 10.5. The molecular weight excluding hydrogens is 124 g/mol. The Hall–Kier alpha value is -0.0400. The van der Waals surface area contributed by atoms with Gasteiger partial charge >= 0.3 is 0 Å². The first kappa shape index (κ1) is 7.96. The summed E-state index contributed by atoms with van der Waals surface area (Å²) in [6, 6.07) is 0. The first-order chi connectivity index (χ1) is 3.68. The van der Waals surface area contributed by atoms with Gasteiger partial charge in [-0.25, -0.2) is 0 Å². The molecule has 0 unspecified atom stereocenters. The average molecular weight is 135 g/mol. The zero-order chi connectivity index (χ0) is 6.57. The molecule has 0 aliphatic heterocycles. The van der Waals surface area contributed by atoms with Crippen molar-refractivity contribution < 1.29 is 4.79 Å². The van der Waals surface area contributed by atoms with E-state index in [0.717, 1.165) is 6.42 Å². The third-order valence-electron chi connectivity index (χ3n) is 1.24. The first-order valence-corrected chi connectivity index (χ1v) is 3.28. The van der Waals surface area contributed by atoms with Crippen LogP contribution in [-0.4, -0.2) is 11.7 Å².